The lowest BCUT2D eigenvalue weighted by atomic mass is 9.94. The van der Waals surface area contributed by atoms with Crippen molar-refractivity contribution in [3.05, 3.63) is 69.1 Å². The van der Waals surface area contributed by atoms with Gasteiger partial charge >= 0.3 is 0 Å². The van der Waals surface area contributed by atoms with Gasteiger partial charge < -0.3 is 19.4 Å². The molecule has 0 unspecified atom stereocenters. The van der Waals surface area contributed by atoms with Crippen molar-refractivity contribution < 1.29 is 14.4 Å². The summed E-state index contributed by atoms with van der Waals surface area (Å²) in [6.45, 7) is 1.73. The third-order valence-electron chi connectivity index (χ3n) is 5.73. The molecule has 2 N–H and O–H groups in total. The van der Waals surface area contributed by atoms with Crippen molar-refractivity contribution in [3.63, 3.8) is 0 Å². The van der Waals surface area contributed by atoms with Crippen LogP contribution in [0.3, 0.4) is 0 Å². The number of carbonyl (C=O) groups is 1. The molecule has 0 atom stereocenters. The molecule has 4 aromatic rings. The van der Waals surface area contributed by atoms with Crippen molar-refractivity contribution in [1.29, 1.82) is 0 Å². The highest BCUT2D eigenvalue weighted by Gasteiger charge is 2.44. The van der Waals surface area contributed by atoms with Crippen LogP contribution >= 0.6 is 11.6 Å². The molecule has 2 aromatic heterocycles. The summed E-state index contributed by atoms with van der Waals surface area (Å²) < 4.78 is 5.18. The van der Waals surface area contributed by atoms with Crippen LogP contribution in [-0.2, 0) is 10.2 Å². The van der Waals surface area contributed by atoms with E-state index in [-0.39, 0.29) is 22.5 Å². The number of rotatable bonds is 4. The number of benzene rings is 2. The first-order chi connectivity index (χ1) is 14.4. The number of fused-ring (bicyclic) bond motifs is 1. The van der Waals surface area contributed by atoms with Gasteiger partial charge in [0.15, 0.2) is 5.76 Å². The zero-order valence-corrected chi connectivity index (χ0v) is 16.8. The van der Waals surface area contributed by atoms with Gasteiger partial charge in [-0.05, 0) is 43.0 Å². The summed E-state index contributed by atoms with van der Waals surface area (Å²) in [4.78, 5) is 26.6. The Balaban J connectivity index is 1.65. The molecule has 2 heterocycles. The number of aldehydes is 1. The Morgan fingerprint density at radius 1 is 1.20 bits per heavy atom. The monoisotopic (exact) mass is 420 g/mol. The Morgan fingerprint density at radius 2 is 1.93 bits per heavy atom. The van der Waals surface area contributed by atoms with Crippen LogP contribution in [0.5, 0.6) is 5.75 Å². The van der Waals surface area contributed by atoms with Gasteiger partial charge in [0.1, 0.15) is 17.6 Å². The van der Waals surface area contributed by atoms with Crippen LogP contribution in [0, 0.1) is 6.92 Å². The molecule has 0 aliphatic heterocycles. The lowest BCUT2D eigenvalue weighted by Crippen LogP contribution is -2.09. The van der Waals surface area contributed by atoms with Crippen LogP contribution in [0.15, 0.2) is 51.8 Å². The average molecular weight is 421 g/mol. The molecule has 2 aromatic carbocycles. The summed E-state index contributed by atoms with van der Waals surface area (Å²) in [5.74, 6) is -0.00470. The molecule has 7 heteroatoms. The molecule has 6 nitrogen and oxygen atoms in total. The molecule has 1 fully saturated rings. The van der Waals surface area contributed by atoms with Crippen LogP contribution in [0.1, 0.15) is 24.1 Å². The van der Waals surface area contributed by atoms with Crippen LogP contribution in [0.2, 0.25) is 5.02 Å². The van der Waals surface area contributed by atoms with Crippen molar-refractivity contribution in [3.8, 4) is 28.2 Å². The van der Waals surface area contributed by atoms with Gasteiger partial charge in [-0.3, -0.25) is 4.79 Å². The maximum Gasteiger partial charge on any atom is 0.263 e. The molecule has 0 bridgehead atoms. The van der Waals surface area contributed by atoms with Gasteiger partial charge in [0, 0.05) is 17.0 Å². The van der Waals surface area contributed by atoms with E-state index in [1.165, 1.54) is 0 Å². The number of carbonyl (C=O) groups excluding carboxylic acids is 1. The van der Waals surface area contributed by atoms with E-state index in [4.69, 9.17) is 16.1 Å². The second-order valence-electron chi connectivity index (χ2n) is 7.74. The Kier molecular flexibility index (Phi) is 4.08. The normalized spacial score (nSPS) is 14.7. The van der Waals surface area contributed by atoms with Crippen molar-refractivity contribution in [2.45, 2.75) is 25.2 Å². The van der Waals surface area contributed by atoms with Crippen LogP contribution < -0.4 is 5.56 Å². The van der Waals surface area contributed by atoms with E-state index >= 15 is 0 Å². The summed E-state index contributed by atoms with van der Waals surface area (Å²) in [7, 11) is 0. The predicted octanol–water partition coefficient (Wildman–Crippen LogP) is 4.75. The van der Waals surface area contributed by atoms with Crippen LogP contribution in [-0.4, -0.2) is 21.5 Å². The fourth-order valence-electron chi connectivity index (χ4n) is 3.82. The minimum atomic E-state index is -0.493. The molecule has 1 saturated carbocycles. The second kappa shape index (κ2) is 6.57. The number of H-pyrrole nitrogens is 1. The summed E-state index contributed by atoms with van der Waals surface area (Å²) in [5, 5.41) is 15.5. The minimum absolute atomic E-state index is 0.0216. The van der Waals surface area contributed by atoms with E-state index in [1.807, 2.05) is 24.3 Å². The molecule has 0 amide bonds. The maximum atomic E-state index is 12.5. The molecular formula is C23H17ClN2O4. The third kappa shape index (κ3) is 2.83. The molecule has 0 radical (unpaired) electrons. The number of nitrogens with zero attached hydrogens (tertiary/aromatic N) is 1. The van der Waals surface area contributed by atoms with Crippen LogP contribution in [0.25, 0.3) is 33.4 Å². The number of aryl methyl sites for hydroxylation is 1. The average Bonchev–Trinajstić information content (AvgIpc) is 3.42. The lowest BCUT2D eigenvalue weighted by Gasteiger charge is -2.12. The summed E-state index contributed by atoms with van der Waals surface area (Å²) in [6, 6.07) is 12.6. The highest BCUT2D eigenvalue weighted by atomic mass is 35.5. The number of hydrogen-bond donors (Lipinski definition) is 2. The Labute approximate surface area is 176 Å². The SMILES string of the molecule is Cc1cc(-c2c(O)c3cc(-c4ccc(C5(C=O)CC5)cc4)c(Cl)cc3[nH]c2=O)on1. The highest BCUT2D eigenvalue weighted by Crippen LogP contribution is 2.47. The summed E-state index contributed by atoms with van der Waals surface area (Å²) >= 11 is 6.48. The van der Waals surface area contributed by atoms with Crippen molar-refractivity contribution in [2.75, 3.05) is 0 Å². The van der Waals surface area contributed by atoms with E-state index in [0.717, 1.165) is 30.3 Å². The van der Waals surface area contributed by atoms with Crippen LogP contribution in [0.4, 0.5) is 0 Å². The number of aromatic hydroxyl groups is 1. The number of halogens is 1. The molecule has 5 rings (SSSR count). The number of hydrogen-bond acceptors (Lipinski definition) is 5. The molecule has 30 heavy (non-hydrogen) atoms. The van der Waals surface area contributed by atoms with E-state index in [9.17, 15) is 14.7 Å². The summed E-state index contributed by atoms with van der Waals surface area (Å²) in [5.41, 5.74) is 2.75. The Hall–Kier alpha value is -3.38. The lowest BCUT2D eigenvalue weighted by molar-refractivity contribution is -0.109. The fraction of sp³-hybridized carbons (Fsp3) is 0.174. The molecule has 0 saturated heterocycles. The van der Waals surface area contributed by atoms with E-state index in [0.29, 0.717) is 27.2 Å². The van der Waals surface area contributed by atoms with Gasteiger partial charge in [-0.2, -0.15) is 0 Å². The predicted molar refractivity (Wildman–Crippen MR) is 114 cm³/mol. The highest BCUT2D eigenvalue weighted by molar-refractivity contribution is 6.34. The number of aromatic nitrogens is 2. The standard InChI is InChI=1S/C23H17ClN2O4/c1-12-8-19(30-26-12)20-21(28)16-9-15(17(24)10-18(16)25-22(20)29)13-2-4-14(5-3-13)23(11-27)6-7-23/h2-5,8-11H,6-7H2,1H3,(H2,25,28,29). The number of aromatic amines is 1. The third-order valence-corrected chi connectivity index (χ3v) is 6.05. The van der Waals surface area contributed by atoms with Crippen molar-refractivity contribution >= 4 is 28.8 Å². The van der Waals surface area contributed by atoms with Gasteiger partial charge in [-0.15, -0.1) is 0 Å². The Bertz CT molecular complexity index is 1360. The molecule has 0 spiro atoms. The van der Waals surface area contributed by atoms with Gasteiger partial charge in [0.05, 0.1) is 21.6 Å². The molecule has 1 aliphatic carbocycles. The molecule has 1 aliphatic rings. The fourth-order valence-corrected chi connectivity index (χ4v) is 4.09. The van der Waals surface area contributed by atoms with Gasteiger partial charge in [0.2, 0.25) is 0 Å². The minimum Gasteiger partial charge on any atom is -0.506 e. The van der Waals surface area contributed by atoms with Crippen molar-refractivity contribution in [1.82, 2.24) is 10.1 Å². The molecule has 150 valence electrons. The number of nitrogens with one attached hydrogen (secondary N) is 1. The smallest absolute Gasteiger partial charge is 0.263 e. The first-order valence-corrected chi connectivity index (χ1v) is 9.89. The first kappa shape index (κ1) is 18.6. The first-order valence-electron chi connectivity index (χ1n) is 9.51. The summed E-state index contributed by atoms with van der Waals surface area (Å²) in [6.07, 6.45) is 2.77. The van der Waals surface area contributed by atoms with Gasteiger partial charge in [-0.25, -0.2) is 0 Å². The van der Waals surface area contributed by atoms with E-state index in [1.54, 1.807) is 25.1 Å². The quantitative estimate of drug-likeness (QED) is 0.464. The van der Waals surface area contributed by atoms with Gasteiger partial charge in [0.25, 0.3) is 5.56 Å². The topological polar surface area (TPSA) is 96.2 Å². The van der Waals surface area contributed by atoms with Gasteiger partial charge in [-0.1, -0.05) is 41.0 Å². The Morgan fingerprint density at radius 3 is 2.53 bits per heavy atom. The number of pyridine rings is 1. The second-order valence-corrected chi connectivity index (χ2v) is 8.15. The zero-order chi connectivity index (χ0) is 21.0. The van der Waals surface area contributed by atoms with E-state index in [2.05, 4.69) is 10.1 Å². The van der Waals surface area contributed by atoms with Crippen molar-refractivity contribution in [2.24, 2.45) is 0 Å². The zero-order valence-electron chi connectivity index (χ0n) is 16.0. The molecular weight excluding hydrogens is 404 g/mol. The maximum absolute atomic E-state index is 12.5. The van der Waals surface area contributed by atoms with E-state index < -0.39 is 5.56 Å². The largest absolute Gasteiger partial charge is 0.506 e.